The van der Waals surface area contributed by atoms with Gasteiger partial charge in [0.15, 0.2) is 0 Å². The van der Waals surface area contributed by atoms with Crippen LogP contribution in [0.25, 0.3) is 0 Å². The molecule has 0 aliphatic heterocycles. The zero-order chi connectivity index (χ0) is 10.7. The molecule has 0 radical (unpaired) electrons. The molecule has 0 saturated heterocycles. The zero-order valence-corrected chi connectivity index (χ0v) is 8.53. The first-order chi connectivity index (χ1) is 7.25. The van der Waals surface area contributed by atoms with Crippen LogP contribution in [0.4, 0.5) is 0 Å². The Balaban J connectivity index is 2.32. The molecule has 0 fully saturated rings. The van der Waals surface area contributed by atoms with E-state index in [9.17, 15) is 4.79 Å². The number of hydrogen-bond acceptors (Lipinski definition) is 2. The topological polar surface area (TPSA) is 45.8 Å². The van der Waals surface area contributed by atoms with E-state index in [2.05, 4.69) is 10.2 Å². The molecule has 3 nitrogen and oxygen atoms in total. The summed E-state index contributed by atoms with van der Waals surface area (Å²) in [4.78, 5) is 11.5. The van der Waals surface area contributed by atoms with Crippen LogP contribution in [0, 0.1) is 6.92 Å². The van der Waals surface area contributed by atoms with E-state index in [0.29, 0.717) is 6.42 Å². The van der Waals surface area contributed by atoms with Gasteiger partial charge in [-0.1, -0.05) is 30.3 Å². The molecule has 0 bridgehead atoms. The van der Waals surface area contributed by atoms with Crippen LogP contribution in [0.15, 0.2) is 41.2 Å². The maximum Gasteiger partial charge on any atom is 0.267 e. The number of aryl methyl sites for hydroxylation is 1. The number of hydrogen-bond donors (Lipinski definition) is 1. The lowest BCUT2D eigenvalue weighted by Gasteiger charge is -2.00. The Morgan fingerprint density at radius 1 is 1.27 bits per heavy atom. The van der Waals surface area contributed by atoms with E-state index in [1.165, 1.54) is 0 Å². The predicted molar refractivity (Wildman–Crippen MR) is 58.8 cm³/mol. The van der Waals surface area contributed by atoms with Gasteiger partial charge in [0, 0.05) is 12.0 Å². The number of rotatable bonds is 2. The highest BCUT2D eigenvalue weighted by Crippen LogP contribution is 2.05. The van der Waals surface area contributed by atoms with Crippen molar-refractivity contribution in [2.24, 2.45) is 0 Å². The zero-order valence-electron chi connectivity index (χ0n) is 8.53. The van der Waals surface area contributed by atoms with Gasteiger partial charge in [0.2, 0.25) is 0 Å². The Kier molecular flexibility index (Phi) is 2.63. The number of aromatic amines is 1. The lowest BCUT2D eigenvalue weighted by atomic mass is 10.1. The van der Waals surface area contributed by atoms with Crippen molar-refractivity contribution < 1.29 is 0 Å². The van der Waals surface area contributed by atoms with Crippen molar-refractivity contribution >= 4 is 0 Å². The van der Waals surface area contributed by atoms with Crippen molar-refractivity contribution in [2.45, 2.75) is 13.3 Å². The minimum Gasteiger partial charge on any atom is -0.268 e. The van der Waals surface area contributed by atoms with Gasteiger partial charge in [-0.2, -0.15) is 5.10 Å². The second-order valence-corrected chi connectivity index (χ2v) is 3.53. The number of aromatic nitrogens is 2. The van der Waals surface area contributed by atoms with E-state index < -0.39 is 0 Å². The monoisotopic (exact) mass is 200 g/mol. The van der Waals surface area contributed by atoms with E-state index >= 15 is 0 Å². The summed E-state index contributed by atoms with van der Waals surface area (Å²) in [6.45, 7) is 1.87. The summed E-state index contributed by atoms with van der Waals surface area (Å²) >= 11 is 0. The average molecular weight is 200 g/mol. The van der Waals surface area contributed by atoms with Crippen molar-refractivity contribution in [1.29, 1.82) is 0 Å². The lowest BCUT2D eigenvalue weighted by molar-refractivity contribution is 0.913. The highest BCUT2D eigenvalue weighted by Gasteiger charge is 2.01. The van der Waals surface area contributed by atoms with Gasteiger partial charge in [-0.15, -0.1) is 0 Å². The van der Waals surface area contributed by atoms with Crippen molar-refractivity contribution in [3.63, 3.8) is 0 Å². The highest BCUT2D eigenvalue weighted by molar-refractivity contribution is 5.24. The van der Waals surface area contributed by atoms with Gasteiger partial charge in [0.05, 0.1) is 5.69 Å². The second kappa shape index (κ2) is 4.09. The number of nitrogens with one attached hydrogen (secondary N) is 1. The van der Waals surface area contributed by atoms with Gasteiger partial charge in [-0.25, -0.2) is 5.10 Å². The summed E-state index contributed by atoms with van der Waals surface area (Å²) in [5.41, 5.74) is 2.62. The molecule has 0 saturated carbocycles. The minimum absolute atomic E-state index is 0.107. The fraction of sp³-hybridized carbons (Fsp3) is 0.167. The Hall–Kier alpha value is -1.90. The van der Waals surface area contributed by atoms with Crippen molar-refractivity contribution in [3.05, 3.63) is 63.6 Å². The molecule has 76 valence electrons. The number of benzene rings is 1. The Morgan fingerprint density at radius 2 is 2.00 bits per heavy atom. The third-order valence-electron chi connectivity index (χ3n) is 2.25. The summed E-state index contributed by atoms with van der Waals surface area (Å²) < 4.78 is 0. The molecule has 0 aliphatic carbocycles. The normalized spacial score (nSPS) is 10.2. The molecule has 15 heavy (non-hydrogen) atoms. The molecule has 1 N–H and O–H groups in total. The summed E-state index contributed by atoms with van der Waals surface area (Å²) in [6.07, 6.45) is 0.652. The van der Waals surface area contributed by atoms with Crippen LogP contribution in [0.1, 0.15) is 16.8 Å². The molecular weight excluding hydrogens is 188 g/mol. The van der Waals surface area contributed by atoms with E-state index in [1.807, 2.05) is 43.3 Å². The number of H-pyrrole nitrogens is 1. The fourth-order valence-corrected chi connectivity index (χ4v) is 1.51. The van der Waals surface area contributed by atoms with Crippen LogP contribution in [-0.4, -0.2) is 10.2 Å². The first-order valence-electron chi connectivity index (χ1n) is 4.85. The molecular formula is C12H12N2O. The van der Waals surface area contributed by atoms with Crippen molar-refractivity contribution in [3.8, 4) is 0 Å². The third kappa shape index (κ3) is 2.31. The van der Waals surface area contributed by atoms with Crippen LogP contribution in [0.5, 0.6) is 0 Å². The molecule has 0 amide bonds. The molecule has 0 spiro atoms. The van der Waals surface area contributed by atoms with E-state index in [4.69, 9.17) is 0 Å². The maximum atomic E-state index is 11.5. The van der Waals surface area contributed by atoms with Gasteiger partial charge in [0.1, 0.15) is 0 Å². The van der Waals surface area contributed by atoms with Gasteiger partial charge in [-0.3, -0.25) is 4.79 Å². The fourth-order valence-electron chi connectivity index (χ4n) is 1.51. The highest BCUT2D eigenvalue weighted by atomic mass is 16.1. The first-order valence-corrected chi connectivity index (χ1v) is 4.85. The molecule has 3 heteroatoms. The summed E-state index contributed by atoms with van der Waals surface area (Å²) in [5, 5.41) is 6.33. The Labute approximate surface area is 87.8 Å². The quantitative estimate of drug-likeness (QED) is 0.801. The van der Waals surface area contributed by atoms with Crippen molar-refractivity contribution in [1.82, 2.24) is 10.2 Å². The van der Waals surface area contributed by atoms with Gasteiger partial charge >= 0.3 is 0 Å². The smallest absolute Gasteiger partial charge is 0.267 e. The summed E-state index contributed by atoms with van der Waals surface area (Å²) in [7, 11) is 0. The molecule has 1 aromatic carbocycles. The lowest BCUT2D eigenvalue weighted by Crippen LogP contribution is -2.14. The Morgan fingerprint density at radius 3 is 2.73 bits per heavy atom. The SMILES string of the molecule is Cc1cc(Cc2ccccc2)c(=O)[nH]n1. The first kappa shape index (κ1) is 9.65. The van der Waals surface area contributed by atoms with E-state index in [-0.39, 0.29) is 5.56 Å². The van der Waals surface area contributed by atoms with E-state index in [1.54, 1.807) is 0 Å². The van der Waals surface area contributed by atoms with Gasteiger partial charge < -0.3 is 0 Å². The van der Waals surface area contributed by atoms with Gasteiger partial charge in [0.25, 0.3) is 5.56 Å². The predicted octanol–water partition coefficient (Wildman–Crippen LogP) is 1.67. The second-order valence-electron chi connectivity index (χ2n) is 3.53. The minimum atomic E-state index is -0.107. The van der Waals surface area contributed by atoms with E-state index in [0.717, 1.165) is 16.8 Å². The molecule has 0 aliphatic rings. The average Bonchev–Trinajstić information content (AvgIpc) is 2.25. The molecule has 2 rings (SSSR count). The van der Waals surface area contributed by atoms with Gasteiger partial charge in [-0.05, 0) is 18.6 Å². The Bertz CT molecular complexity index is 503. The molecule has 1 aromatic heterocycles. The largest absolute Gasteiger partial charge is 0.268 e. The maximum absolute atomic E-state index is 11.5. The molecule has 1 heterocycles. The molecule has 0 unspecified atom stereocenters. The standard InChI is InChI=1S/C12H12N2O/c1-9-7-11(12(15)14-13-9)8-10-5-3-2-4-6-10/h2-7H,8H2,1H3,(H,14,15). The van der Waals surface area contributed by atoms with Crippen LogP contribution >= 0.6 is 0 Å². The third-order valence-corrected chi connectivity index (χ3v) is 2.25. The molecule has 0 atom stereocenters. The van der Waals surface area contributed by atoms with Crippen molar-refractivity contribution in [2.75, 3.05) is 0 Å². The van der Waals surface area contributed by atoms with Crippen LogP contribution < -0.4 is 5.56 Å². The summed E-state index contributed by atoms with van der Waals surface area (Å²) in [5.74, 6) is 0. The van der Waals surface area contributed by atoms with Crippen LogP contribution in [0.2, 0.25) is 0 Å². The van der Waals surface area contributed by atoms with Crippen LogP contribution in [-0.2, 0) is 6.42 Å². The summed E-state index contributed by atoms with van der Waals surface area (Å²) in [6, 6.07) is 11.7. The number of nitrogens with zero attached hydrogens (tertiary/aromatic N) is 1. The molecule has 2 aromatic rings. The van der Waals surface area contributed by atoms with Crippen LogP contribution in [0.3, 0.4) is 0 Å².